The fourth-order valence-electron chi connectivity index (χ4n) is 4.69. The standard InChI is InChI=1S/C24H22BrN3O2/c1-13(2)27-11-16-21(15-7-4-5-8-17(15)25)23-19(12-28(14(3)29)24(23)30)26-18-9-6-10-20(27)22(16)18/h4-11,13,21,26H,12H2,1-3H3/t21-/m1/s1. The fraction of sp³-hybridized carbons (Fsp3) is 0.250. The van der Waals surface area contributed by atoms with E-state index in [4.69, 9.17) is 0 Å². The lowest BCUT2D eigenvalue weighted by Gasteiger charge is -2.20. The van der Waals surface area contributed by atoms with Gasteiger partial charge in [0, 0.05) is 46.3 Å². The average Bonchev–Trinajstić information content (AvgIpc) is 3.20. The molecule has 0 aliphatic carbocycles. The SMILES string of the molecule is CC(=O)N1CC2=C(C1=O)[C@H](c1ccccc1Br)c1cn(C(C)C)c3cccc(c13)N2. The number of carbonyl (C=O) groups is 2. The van der Waals surface area contributed by atoms with E-state index >= 15 is 0 Å². The third-order valence-electron chi connectivity index (χ3n) is 6.04. The number of imide groups is 1. The van der Waals surface area contributed by atoms with Crippen LogP contribution in [0.25, 0.3) is 10.9 Å². The van der Waals surface area contributed by atoms with E-state index in [1.54, 1.807) is 0 Å². The zero-order valence-electron chi connectivity index (χ0n) is 17.1. The molecule has 0 saturated heterocycles. The summed E-state index contributed by atoms with van der Waals surface area (Å²) in [4.78, 5) is 26.9. The molecule has 5 rings (SSSR count). The number of amides is 2. The lowest BCUT2D eigenvalue weighted by molar-refractivity contribution is -0.139. The number of rotatable bonds is 2. The highest BCUT2D eigenvalue weighted by molar-refractivity contribution is 9.10. The lowest BCUT2D eigenvalue weighted by atomic mass is 9.84. The van der Waals surface area contributed by atoms with E-state index in [-0.39, 0.29) is 30.3 Å². The summed E-state index contributed by atoms with van der Waals surface area (Å²) in [6, 6.07) is 14.5. The van der Waals surface area contributed by atoms with Crippen molar-refractivity contribution in [3.63, 3.8) is 0 Å². The Morgan fingerprint density at radius 3 is 2.60 bits per heavy atom. The van der Waals surface area contributed by atoms with Crippen LogP contribution in [-0.4, -0.2) is 27.8 Å². The number of hydrogen-bond acceptors (Lipinski definition) is 3. The molecule has 152 valence electrons. The monoisotopic (exact) mass is 463 g/mol. The second-order valence-electron chi connectivity index (χ2n) is 8.17. The van der Waals surface area contributed by atoms with Gasteiger partial charge in [-0.05, 0) is 43.2 Å². The largest absolute Gasteiger partial charge is 0.356 e. The fourth-order valence-corrected chi connectivity index (χ4v) is 5.21. The highest BCUT2D eigenvalue weighted by Gasteiger charge is 2.42. The van der Waals surface area contributed by atoms with Gasteiger partial charge in [0.1, 0.15) is 0 Å². The first-order valence-corrected chi connectivity index (χ1v) is 10.9. The van der Waals surface area contributed by atoms with Crippen LogP contribution in [0.5, 0.6) is 0 Å². The van der Waals surface area contributed by atoms with Crippen molar-refractivity contribution < 1.29 is 9.59 Å². The molecular formula is C24H22BrN3O2. The predicted octanol–water partition coefficient (Wildman–Crippen LogP) is 5.18. The molecule has 5 nitrogen and oxygen atoms in total. The summed E-state index contributed by atoms with van der Waals surface area (Å²) >= 11 is 3.70. The Labute approximate surface area is 183 Å². The van der Waals surface area contributed by atoms with E-state index in [1.165, 1.54) is 11.8 Å². The van der Waals surface area contributed by atoms with Crippen LogP contribution in [0.2, 0.25) is 0 Å². The summed E-state index contributed by atoms with van der Waals surface area (Å²) in [5.41, 5.74) is 5.66. The molecule has 0 saturated carbocycles. The van der Waals surface area contributed by atoms with Crippen LogP contribution in [0.15, 0.2) is 64.4 Å². The molecular weight excluding hydrogens is 442 g/mol. The van der Waals surface area contributed by atoms with E-state index in [0.717, 1.165) is 37.9 Å². The highest BCUT2D eigenvalue weighted by Crippen LogP contribution is 2.48. The van der Waals surface area contributed by atoms with Gasteiger partial charge in [0.15, 0.2) is 0 Å². The minimum absolute atomic E-state index is 0.219. The van der Waals surface area contributed by atoms with Crippen molar-refractivity contribution in [2.75, 3.05) is 11.9 Å². The van der Waals surface area contributed by atoms with Gasteiger partial charge < -0.3 is 9.88 Å². The van der Waals surface area contributed by atoms with Crippen LogP contribution in [0, 0.1) is 0 Å². The van der Waals surface area contributed by atoms with Gasteiger partial charge in [0.25, 0.3) is 5.91 Å². The van der Waals surface area contributed by atoms with Crippen LogP contribution < -0.4 is 5.32 Å². The maximum atomic E-state index is 13.4. The summed E-state index contributed by atoms with van der Waals surface area (Å²) in [5, 5.41) is 4.64. The molecule has 3 aromatic rings. The molecule has 0 radical (unpaired) electrons. The van der Waals surface area contributed by atoms with Crippen LogP contribution in [0.3, 0.4) is 0 Å². The Kier molecular flexibility index (Phi) is 4.36. The van der Waals surface area contributed by atoms with Crippen molar-refractivity contribution in [1.82, 2.24) is 9.47 Å². The van der Waals surface area contributed by atoms with E-state index in [1.807, 2.05) is 30.3 Å². The lowest BCUT2D eigenvalue weighted by Crippen LogP contribution is -2.33. The number of anilines is 1. The van der Waals surface area contributed by atoms with Crippen molar-refractivity contribution >= 4 is 44.3 Å². The molecule has 30 heavy (non-hydrogen) atoms. The molecule has 0 fully saturated rings. The molecule has 0 bridgehead atoms. The molecule has 2 amide bonds. The second kappa shape index (κ2) is 6.84. The van der Waals surface area contributed by atoms with Crippen LogP contribution in [0.4, 0.5) is 5.69 Å². The third-order valence-corrected chi connectivity index (χ3v) is 6.76. The molecule has 2 aromatic carbocycles. The molecule has 3 heterocycles. The average molecular weight is 464 g/mol. The van der Waals surface area contributed by atoms with Crippen molar-refractivity contribution in [3.05, 3.63) is 75.5 Å². The zero-order chi connectivity index (χ0) is 21.2. The van der Waals surface area contributed by atoms with Gasteiger partial charge in [-0.1, -0.05) is 40.2 Å². The highest BCUT2D eigenvalue weighted by atomic mass is 79.9. The topological polar surface area (TPSA) is 54.3 Å². The van der Waals surface area contributed by atoms with Crippen molar-refractivity contribution in [3.8, 4) is 0 Å². The molecule has 6 heteroatoms. The molecule has 0 unspecified atom stereocenters. The van der Waals surface area contributed by atoms with Gasteiger partial charge in [-0.25, -0.2) is 0 Å². The van der Waals surface area contributed by atoms with Crippen LogP contribution in [-0.2, 0) is 9.59 Å². The number of hydrogen-bond donors (Lipinski definition) is 1. The molecule has 2 aliphatic rings. The second-order valence-corrected chi connectivity index (χ2v) is 9.02. The Balaban J connectivity index is 1.85. The smallest absolute Gasteiger partial charge is 0.259 e. The van der Waals surface area contributed by atoms with Crippen molar-refractivity contribution in [1.29, 1.82) is 0 Å². The van der Waals surface area contributed by atoms with E-state index in [9.17, 15) is 9.59 Å². The number of nitrogens with one attached hydrogen (secondary N) is 1. The van der Waals surface area contributed by atoms with Crippen LogP contribution in [0.1, 0.15) is 43.9 Å². The maximum absolute atomic E-state index is 13.4. The van der Waals surface area contributed by atoms with E-state index < -0.39 is 0 Å². The van der Waals surface area contributed by atoms with Crippen LogP contribution >= 0.6 is 15.9 Å². The Morgan fingerprint density at radius 2 is 1.90 bits per heavy atom. The number of halogens is 1. The first-order valence-electron chi connectivity index (χ1n) is 10.1. The summed E-state index contributed by atoms with van der Waals surface area (Å²) in [6.07, 6.45) is 2.17. The van der Waals surface area contributed by atoms with Gasteiger partial charge in [-0.3, -0.25) is 14.5 Å². The first-order chi connectivity index (χ1) is 14.4. The molecule has 1 N–H and O–H groups in total. The minimum atomic E-state index is -0.272. The Hall–Kier alpha value is -2.86. The van der Waals surface area contributed by atoms with Gasteiger partial charge in [-0.2, -0.15) is 0 Å². The molecule has 0 spiro atoms. The summed E-state index contributed by atoms with van der Waals surface area (Å²) in [7, 11) is 0. The summed E-state index contributed by atoms with van der Waals surface area (Å²) in [6.45, 7) is 6.03. The quantitative estimate of drug-likeness (QED) is 0.569. The normalized spacial score (nSPS) is 18.1. The number of carbonyl (C=O) groups excluding carboxylic acids is 2. The minimum Gasteiger partial charge on any atom is -0.356 e. The number of aromatic nitrogens is 1. The molecule has 1 aromatic heterocycles. The van der Waals surface area contributed by atoms with Gasteiger partial charge >= 0.3 is 0 Å². The maximum Gasteiger partial charge on any atom is 0.259 e. The van der Waals surface area contributed by atoms with Gasteiger partial charge in [-0.15, -0.1) is 0 Å². The first kappa shape index (κ1) is 19.1. The van der Waals surface area contributed by atoms with Crippen molar-refractivity contribution in [2.24, 2.45) is 0 Å². The predicted molar refractivity (Wildman–Crippen MR) is 121 cm³/mol. The number of benzene rings is 2. The Bertz CT molecular complexity index is 1250. The molecule has 1 atom stereocenters. The van der Waals surface area contributed by atoms with Crippen molar-refractivity contribution in [2.45, 2.75) is 32.7 Å². The van der Waals surface area contributed by atoms with E-state index in [2.05, 4.69) is 58.0 Å². The summed E-state index contributed by atoms with van der Waals surface area (Å²) < 4.78 is 3.20. The van der Waals surface area contributed by atoms with E-state index in [0.29, 0.717) is 5.57 Å². The molecule has 2 aliphatic heterocycles. The van der Waals surface area contributed by atoms with Gasteiger partial charge in [0.2, 0.25) is 5.91 Å². The number of nitrogens with zero attached hydrogens (tertiary/aromatic N) is 2. The van der Waals surface area contributed by atoms with Gasteiger partial charge in [0.05, 0.1) is 17.6 Å². The summed E-state index contributed by atoms with van der Waals surface area (Å²) in [5.74, 6) is -0.728. The Morgan fingerprint density at radius 1 is 1.13 bits per heavy atom. The third kappa shape index (κ3) is 2.67. The zero-order valence-corrected chi connectivity index (χ0v) is 18.7.